The van der Waals surface area contributed by atoms with Gasteiger partial charge in [-0.05, 0) is 24.5 Å². The molecule has 20 heavy (non-hydrogen) atoms. The molecule has 1 aromatic carbocycles. The van der Waals surface area contributed by atoms with E-state index < -0.39 is 0 Å². The molecule has 2 atom stereocenters. The molecule has 0 saturated carbocycles. The Labute approximate surface area is 117 Å². The highest BCUT2D eigenvalue weighted by Crippen LogP contribution is 2.23. The molecular weight excluding hydrogens is 256 g/mol. The van der Waals surface area contributed by atoms with Gasteiger partial charge in [-0.25, -0.2) is 0 Å². The van der Waals surface area contributed by atoms with Crippen LogP contribution in [-0.4, -0.2) is 37.6 Å². The standard InChI is InChI=1S/C15H18N2O3/c18-14-12-5-2-1-4-11(12)10(8-16-14)9-17-15(19)13-6-3-7-20-13/h1-2,4-5,10,13H,3,6-9H2,(H,16,18)(H,17,19). The van der Waals surface area contributed by atoms with Gasteiger partial charge in [-0.3, -0.25) is 9.59 Å². The van der Waals surface area contributed by atoms with Crippen molar-refractivity contribution in [3.05, 3.63) is 35.4 Å². The Morgan fingerprint density at radius 2 is 2.25 bits per heavy atom. The second kappa shape index (κ2) is 5.63. The van der Waals surface area contributed by atoms with Gasteiger partial charge in [-0.15, -0.1) is 0 Å². The van der Waals surface area contributed by atoms with Crippen LogP contribution in [0.25, 0.3) is 0 Å². The highest BCUT2D eigenvalue weighted by molar-refractivity contribution is 5.97. The van der Waals surface area contributed by atoms with E-state index in [1.165, 1.54) is 0 Å². The van der Waals surface area contributed by atoms with Crippen molar-refractivity contribution in [3.63, 3.8) is 0 Å². The van der Waals surface area contributed by atoms with Crippen molar-refractivity contribution in [2.45, 2.75) is 24.9 Å². The molecule has 0 aromatic heterocycles. The quantitative estimate of drug-likeness (QED) is 0.857. The molecule has 0 aliphatic carbocycles. The van der Waals surface area contributed by atoms with Gasteiger partial charge in [0.2, 0.25) is 5.91 Å². The van der Waals surface area contributed by atoms with E-state index in [1.807, 2.05) is 24.3 Å². The minimum absolute atomic E-state index is 0.0395. The molecule has 3 rings (SSSR count). The Hall–Kier alpha value is -1.88. The number of carbonyl (C=O) groups excluding carboxylic acids is 2. The van der Waals surface area contributed by atoms with Crippen LogP contribution in [0.1, 0.15) is 34.7 Å². The first-order valence-corrected chi connectivity index (χ1v) is 7.02. The van der Waals surface area contributed by atoms with E-state index in [-0.39, 0.29) is 23.8 Å². The summed E-state index contributed by atoms with van der Waals surface area (Å²) >= 11 is 0. The van der Waals surface area contributed by atoms with E-state index in [1.54, 1.807) is 0 Å². The summed E-state index contributed by atoms with van der Waals surface area (Å²) in [4.78, 5) is 23.7. The third-order valence-corrected chi connectivity index (χ3v) is 3.90. The van der Waals surface area contributed by atoms with Crippen molar-refractivity contribution in [1.29, 1.82) is 0 Å². The summed E-state index contributed by atoms with van der Waals surface area (Å²) in [6.45, 7) is 1.75. The molecular formula is C15H18N2O3. The second-order valence-electron chi connectivity index (χ2n) is 5.24. The maximum Gasteiger partial charge on any atom is 0.251 e. The van der Waals surface area contributed by atoms with Crippen LogP contribution in [0, 0.1) is 0 Å². The molecule has 5 heteroatoms. The van der Waals surface area contributed by atoms with Gasteiger partial charge in [0, 0.05) is 31.2 Å². The lowest BCUT2D eigenvalue weighted by Gasteiger charge is -2.26. The molecule has 0 spiro atoms. The van der Waals surface area contributed by atoms with Crippen LogP contribution in [0.5, 0.6) is 0 Å². The van der Waals surface area contributed by atoms with E-state index in [0.29, 0.717) is 25.3 Å². The van der Waals surface area contributed by atoms with Gasteiger partial charge in [-0.1, -0.05) is 18.2 Å². The van der Waals surface area contributed by atoms with Gasteiger partial charge in [0.05, 0.1) is 0 Å². The van der Waals surface area contributed by atoms with Crippen LogP contribution in [0.4, 0.5) is 0 Å². The highest BCUT2D eigenvalue weighted by Gasteiger charge is 2.27. The highest BCUT2D eigenvalue weighted by atomic mass is 16.5. The maximum absolute atomic E-state index is 11.9. The van der Waals surface area contributed by atoms with Crippen LogP contribution >= 0.6 is 0 Å². The molecule has 2 aliphatic heterocycles. The summed E-state index contributed by atoms with van der Waals surface area (Å²) in [5.74, 6) is 0.0356. The Morgan fingerprint density at radius 3 is 3.05 bits per heavy atom. The number of hydrogen-bond acceptors (Lipinski definition) is 3. The lowest BCUT2D eigenvalue weighted by molar-refractivity contribution is -0.130. The number of ether oxygens (including phenoxy) is 1. The van der Waals surface area contributed by atoms with Crippen molar-refractivity contribution < 1.29 is 14.3 Å². The van der Waals surface area contributed by atoms with Gasteiger partial charge in [-0.2, -0.15) is 0 Å². The van der Waals surface area contributed by atoms with Gasteiger partial charge in [0.15, 0.2) is 0 Å². The summed E-state index contributed by atoms with van der Waals surface area (Å²) in [6.07, 6.45) is 1.44. The van der Waals surface area contributed by atoms with Crippen molar-refractivity contribution in [1.82, 2.24) is 10.6 Å². The predicted molar refractivity (Wildman–Crippen MR) is 73.5 cm³/mol. The van der Waals surface area contributed by atoms with Crippen LogP contribution in [0.15, 0.2) is 24.3 Å². The summed E-state index contributed by atoms with van der Waals surface area (Å²) in [5.41, 5.74) is 1.71. The van der Waals surface area contributed by atoms with Crippen molar-refractivity contribution in [2.24, 2.45) is 0 Å². The van der Waals surface area contributed by atoms with Gasteiger partial charge < -0.3 is 15.4 Å². The number of rotatable bonds is 3. The van der Waals surface area contributed by atoms with E-state index in [2.05, 4.69) is 10.6 Å². The molecule has 2 amide bonds. The first kappa shape index (κ1) is 13.1. The second-order valence-corrected chi connectivity index (χ2v) is 5.24. The van der Waals surface area contributed by atoms with E-state index >= 15 is 0 Å². The van der Waals surface area contributed by atoms with Crippen LogP contribution in [-0.2, 0) is 9.53 Å². The summed E-state index contributed by atoms with van der Waals surface area (Å²) in [7, 11) is 0. The number of nitrogens with one attached hydrogen (secondary N) is 2. The molecule has 0 radical (unpaired) electrons. The molecule has 106 valence electrons. The number of amides is 2. The SMILES string of the molecule is O=C1NCC(CNC(=O)C2CCCO2)c2ccccc21. The van der Waals surface area contributed by atoms with Crippen molar-refractivity contribution in [2.75, 3.05) is 19.7 Å². The number of hydrogen-bond donors (Lipinski definition) is 2. The molecule has 2 aliphatic rings. The third kappa shape index (κ3) is 2.54. The lowest BCUT2D eigenvalue weighted by atomic mass is 9.90. The smallest absolute Gasteiger partial charge is 0.251 e. The fourth-order valence-electron chi connectivity index (χ4n) is 2.79. The van der Waals surface area contributed by atoms with Crippen molar-refractivity contribution in [3.8, 4) is 0 Å². The molecule has 1 aromatic rings. The lowest BCUT2D eigenvalue weighted by Crippen LogP contribution is -2.42. The molecule has 0 bridgehead atoms. The Morgan fingerprint density at radius 1 is 1.40 bits per heavy atom. The first-order valence-electron chi connectivity index (χ1n) is 7.02. The average Bonchev–Trinajstić information content (AvgIpc) is 3.01. The van der Waals surface area contributed by atoms with Crippen LogP contribution < -0.4 is 10.6 Å². The van der Waals surface area contributed by atoms with Crippen molar-refractivity contribution >= 4 is 11.8 Å². The Bertz CT molecular complexity index is 524. The van der Waals surface area contributed by atoms with E-state index in [9.17, 15) is 9.59 Å². The number of benzene rings is 1. The molecule has 1 saturated heterocycles. The monoisotopic (exact) mass is 274 g/mol. The molecule has 2 heterocycles. The van der Waals surface area contributed by atoms with Gasteiger partial charge >= 0.3 is 0 Å². The van der Waals surface area contributed by atoms with Gasteiger partial charge in [0.25, 0.3) is 5.91 Å². The molecule has 5 nitrogen and oxygen atoms in total. The minimum atomic E-state index is -0.302. The normalized spacial score (nSPS) is 24.9. The largest absolute Gasteiger partial charge is 0.368 e. The average molecular weight is 274 g/mol. The summed E-state index contributed by atoms with van der Waals surface area (Å²) in [5, 5.41) is 5.79. The molecule has 2 unspecified atom stereocenters. The number of fused-ring (bicyclic) bond motifs is 1. The van der Waals surface area contributed by atoms with E-state index in [4.69, 9.17) is 4.74 Å². The summed E-state index contributed by atoms with van der Waals surface area (Å²) < 4.78 is 5.36. The Balaban J connectivity index is 1.65. The Kier molecular flexibility index (Phi) is 3.69. The zero-order chi connectivity index (χ0) is 13.9. The predicted octanol–water partition coefficient (Wildman–Crippen LogP) is 0.809. The molecule has 2 N–H and O–H groups in total. The summed E-state index contributed by atoms with van der Waals surface area (Å²) in [6, 6.07) is 7.55. The zero-order valence-corrected chi connectivity index (χ0v) is 11.2. The maximum atomic E-state index is 11.9. The van der Waals surface area contributed by atoms with Gasteiger partial charge in [0.1, 0.15) is 6.10 Å². The zero-order valence-electron chi connectivity index (χ0n) is 11.2. The first-order chi connectivity index (χ1) is 9.75. The fourth-order valence-corrected chi connectivity index (χ4v) is 2.79. The fraction of sp³-hybridized carbons (Fsp3) is 0.467. The topological polar surface area (TPSA) is 67.4 Å². The minimum Gasteiger partial charge on any atom is -0.368 e. The van der Waals surface area contributed by atoms with Crippen LogP contribution in [0.3, 0.4) is 0 Å². The van der Waals surface area contributed by atoms with E-state index in [0.717, 1.165) is 18.4 Å². The third-order valence-electron chi connectivity index (χ3n) is 3.90. The number of carbonyl (C=O) groups is 2. The molecule has 1 fully saturated rings. The van der Waals surface area contributed by atoms with Crippen LogP contribution in [0.2, 0.25) is 0 Å².